The Morgan fingerprint density at radius 3 is 2.24 bits per heavy atom. The van der Waals surface area contributed by atoms with Crippen molar-refractivity contribution >= 4 is 21.9 Å². The lowest BCUT2D eigenvalue weighted by atomic mass is 9.68. The Labute approximate surface area is 225 Å². The van der Waals surface area contributed by atoms with Gasteiger partial charge >= 0.3 is 0 Å². The number of hydrogen-bond acceptors (Lipinski definition) is 1. The highest BCUT2D eigenvalue weighted by molar-refractivity contribution is 6.13. The van der Waals surface area contributed by atoms with Gasteiger partial charge in [-0.25, -0.2) is 8.96 Å². The maximum Gasteiger partial charge on any atom is 0.216 e. The highest BCUT2D eigenvalue weighted by Gasteiger charge is 2.30. The van der Waals surface area contributed by atoms with Gasteiger partial charge in [-0.05, 0) is 84.7 Å². The molecule has 1 saturated carbocycles. The summed E-state index contributed by atoms with van der Waals surface area (Å²) in [7, 11) is 2.04. The van der Waals surface area contributed by atoms with Crippen LogP contribution in [0.1, 0.15) is 63.5 Å². The Morgan fingerprint density at radius 2 is 1.53 bits per heavy atom. The topological polar surface area (TPSA) is 17.0 Å². The summed E-state index contributed by atoms with van der Waals surface area (Å²) in [4.78, 5) is 0. The molecule has 1 aliphatic carbocycles. The molecule has 0 saturated heterocycles. The molecule has 0 bridgehead atoms. The van der Waals surface area contributed by atoms with Crippen molar-refractivity contribution in [2.24, 2.45) is 18.4 Å². The van der Waals surface area contributed by atoms with Crippen LogP contribution in [0.15, 0.2) is 77.3 Å². The maximum absolute atomic E-state index is 15.6. The Balaban J connectivity index is 1.47. The lowest BCUT2D eigenvalue weighted by Gasteiger charge is -2.37. The quantitative estimate of drug-likeness (QED) is 0.223. The molecule has 0 spiro atoms. The van der Waals surface area contributed by atoms with Crippen molar-refractivity contribution in [3.05, 3.63) is 89.9 Å². The van der Waals surface area contributed by atoms with E-state index in [1.54, 1.807) is 6.07 Å². The summed E-state index contributed by atoms with van der Waals surface area (Å²) in [6.07, 6.45) is 6.94. The Morgan fingerprint density at radius 1 is 0.816 bits per heavy atom. The van der Waals surface area contributed by atoms with Crippen LogP contribution in [0.3, 0.4) is 0 Å². The SMILES string of the molecule is Cc1ccc2c(oc3c(-c4cccc(C5CCC(C(C)(C)C)CC5)c4)c(F)ccc32)c1-c1cccc[n+]1C. The second kappa shape index (κ2) is 9.38. The van der Waals surface area contributed by atoms with Crippen LogP contribution in [-0.2, 0) is 7.05 Å². The molecule has 2 aromatic heterocycles. The third-order valence-electron chi connectivity index (χ3n) is 8.88. The molecule has 2 nitrogen and oxygen atoms in total. The number of furan rings is 1. The first-order valence-electron chi connectivity index (χ1n) is 13.9. The lowest BCUT2D eigenvalue weighted by molar-refractivity contribution is -0.660. The van der Waals surface area contributed by atoms with Crippen molar-refractivity contribution in [3.8, 4) is 22.4 Å². The first-order valence-corrected chi connectivity index (χ1v) is 13.9. The minimum atomic E-state index is -0.242. The molecule has 38 heavy (non-hydrogen) atoms. The fraction of sp³-hybridized carbons (Fsp3) is 0.343. The van der Waals surface area contributed by atoms with Gasteiger partial charge < -0.3 is 4.42 Å². The van der Waals surface area contributed by atoms with Crippen LogP contribution in [-0.4, -0.2) is 0 Å². The summed E-state index contributed by atoms with van der Waals surface area (Å²) in [5.74, 6) is 1.06. The standard InChI is InChI=1S/C35H37FNO/c1-22-12-17-27-28-18-19-29(36)32(34(28)38-33(27)31(22)30-11-6-7-20-37(30)5)25-10-8-9-24(21-25)23-13-15-26(16-14-23)35(2,3)4/h6-12,17-21,23,26H,13-16H2,1-5H3/q+1. The number of benzene rings is 3. The van der Waals surface area contributed by atoms with Crippen molar-refractivity contribution in [2.75, 3.05) is 0 Å². The molecule has 2 heterocycles. The van der Waals surface area contributed by atoms with Gasteiger partial charge in [-0.15, -0.1) is 0 Å². The molecule has 3 heteroatoms. The van der Waals surface area contributed by atoms with Gasteiger partial charge in [0, 0.05) is 22.9 Å². The normalized spacial score (nSPS) is 18.4. The average Bonchev–Trinajstić information content (AvgIpc) is 3.27. The Kier molecular flexibility index (Phi) is 6.13. The molecule has 5 aromatic rings. The van der Waals surface area contributed by atoms with Gasteiger partial charge in [-0.2, -0.15) is 0 Å². The smallest absolute Gasteiger partial charge is 0.216 e. The molecular weight excluding hydrogens is 469 g/mol. The highest BCUT2D eigenvalue weighted by atomic mass is 19.1. The molecule has 0 N–H and O–H groups in total. The zero-order valence-corrected chi connectivity index (χ0v) is 23.1. The van der Waals surface area contributed by atoms with E-state index in [1.165, 1.54) is 31.2 Å². The average molecular weight is 507 g/mol. The van der Waals surface area contributed by atoms with Crippen LogP contribution in [0.2, 0.25) is 0 Å². The van der Waals surface area contributed by atoms with E-state index >= 15 is 4.39 Å². The summed E-state index contributed by atoms with van der Waals surface area (Å²) in [5.41, 5.74) is 7.83. The van der Waals surface area contributed by atoms with Gasteiger partial charge in [0.2, 0.25) is 5.69 Å². The maximum atomic E-state index is 15.6. The van der Waals surface area contributed by atoms with Crippen molar-refractivity contribution in [3.63, 3.8) is 0 Å². The van der Waals surface area contributed by atoms with E-state index in [-0.39, 0.29) is 5.82 Å². The zero-order chi connectivity index (χ0) is 26.6. The van der Waals surface area contributed by atoms with Crippen molar-refractivity contribution in [2.45, 2.75) is 59.3 Å². The first-order chi connectivity index (χ1) is 18.2. The number of rotatable bonds is 3. The second-order valence-electron chi connectivity index (χ2n) is 12.3. The lowest BCUT2D eigenvalue weighted by Crippen LogP contribution is -2.30. The number of nitrogens with zero attached hydrogens (tertiary/aromatic N) is 1. The van der Waals surface area contributed by atoms with E-state index < -0.39 is 0 Å². The number of aromatic nitrogens is 1. The molecule has 0 atom stereocenters. The number of hydrogen-bond donors (Lipinski definition) is 0. The molecule has 3 aromatic carbocycles. The summed E-state index contributed by atoms with van der Waals surface area (Å²) in [5, 5.41) is 1.97. The van der Waals surface area contributed by atoms with Crippen LogP contribution in [0, 0.1) is 24.1 Å². The molecule has 1 fully saturated rings. The Hall–Kier alpha value is -3.46. The molecular formula is C35H37FNO+. The predicted molar refractivity (Wildman–Crippen MR) is 155 cm³/mol. The van der Waals surface area contributed by atoms with Crippen molar-refractivity contribution in [1.82, 2.24) is 0 Å². The van der Waals surface area contributed by atoms with Gasteiger partial charge in [0.1, 0.15) is 24.0 Å². The van der Waals surface area contributed by atoms with Gasteiger partial charge in [-0.3, -0.25) is 0 Å². The second-order valence-corrected chi connectivity index (χ2v) is 12.3. The number of aryl methyl sites for hydroxylation is 2. The van der Waals surface area contributed by atoms with Gasteiger partial charge in [-0.1, -0.05) is 57.2 Å². The van der Waals surface area contributed by atoms with Crippen LogP contribution in [0.25, 0.3) is 44.3 Å². The molecule has 0 amide bonds. The van der Waals surface area contributed by atoms with Gasteiger partial charge in [0.15, 0.2) is 6.20 Å². The monoisotopic (exact) mass is 506 g/mol. The summed E-state index contributed by atoms with van der Waals surface area (Å²) >= 11 is 0. The number of pyridine rings is 1. The van der Waals surface area contributed by atoms with Crippen molar-refractivity contribution in [1.29, 1.82) is 0 Å². The molecule has 0 radical (unpaired) electrons. The van der Waals surface area contributed by atoms with E-state index in [0.29, 0.717) is 22.5 Å². The van der Waals surface area contributed by atoms with E-state index in [2.05, 4.69) is 68.7 Å². The predicted octanol–water partition coefficient (Wildman–Crippen LogP) is 9.51. The van der Waals surface area contributed by atoms with E-state index in [1.807, 2.05) is 37.5 Å². The number of fused-ring (bicyclic) bond motifs is 3. The summed E-state index contributed by atoms with van der Waals surface area (Å²) in [6.45, 7) is 9.19. The minimum Gasteiger partial charge on any atom is -0.454 e. The third-order valence-corrected chi connectivity index (χ3v) is 8.88. The Bertz CT molecular complexity index is 1650. The summed E-state index contributed by atoms with van der Waals surface area (Å²) in [6, 6.07) is 22.4. The van der Waals surface area contributed by atoms with Crippen LogP contribution >= 0.6 is 0 Å². The van der Waals surface area contributed by atoms with Gasteiger partial charge in [0.05, 0.1) is 11.1 Å². The molecule has 6 rings (SSSR count). The molecule has 1 aliphatic rings. The van der Waals surface area contributed by atoms with Crippen LogP contribution < -0.4 is 4.57 Å². The molecule has 0 aliphatic heterocycles. The van der Waals surface area contributed by atoms with E-state index in [9.17, 15) is 0 Å². The molecule has 0 unspecified atom stereocenters. The first kappa shape index (κ1) is 24.9. The fourth-order valence-corrected chi connectivity index (χ4v) is 6.59. The van der Waals surface area contributed by atoms with Gasteiger partial charge in [0.25, 0.3) is 0 Å². The van der Waals surface area contributed by atoms with E-state index in [0.717, 1.165) is 44.7 Å². The van der Waals surface area contributed by atoms with Crippen LogP contribution in [0.4, 0.5) is 4.39 Å². The zero-order valence-electron chi connectivity index (χ0n) is 23.1. The largest absolute Gasteiger partial charge is 0.454 e. The number of halogens is 1. The van der Waals surface area contributed by atoms with Crippen molar-refractivity contribution < 1.29 is 13.4 Å². The minimum absolute atomic E-state index is 0.242. The highest BCUT2D eigenvalue weighted by Crippen LogP contribution is 2.45. The van der Waals surface area contributed by atoms with E-state index in [4.69, 9.17) is 4.42 Å². The fourth-order valence-electron chi connectivity index (χ4n) is 6.59. The summed E-state index contributed by atoms with van der Waals surface area (Å²) < 4.78 is 24.3. The van der Waals surface area contributed by atoms with Crippen LogP contribution in [0.5, 0.6) is 0 Å². The molecule has 194 valence electrons. The third kappa shape index (κ3) is 4.22.